The van der Waals surface area contributed by atoms with Crippen molar-refractivity contribution in [3.8, 4) is 0 Å². The van der Waals surface area contributed by atoms with Gasteiger partial charge >= 0.3 is 89.7 Å². The molecule has 0 fully saturated rings. The summed E-state index contributed by atoms with van der Waals surface area (Å²) in [6.07, 6.45) is 0. The molecule has 0 aromatic heterocycles. The first-order valence-electron chi connectivity index (χ1n) is 0.612. The Hall–Kier alpha value is 2.36. The van der Waals surface area contributed by atoms with E-state index in [1.54, 1.807) is 0 Å². The maximum atomic E-state index is 8.61. The molecule has 0 saturated heterocycles. The van der Waals surface area contributed by atoms with Crippen LogP contribution in [0, 0.1) is 0 Å². The molecule has 0 aromatic carbocycles. The molecule has 0 rings (SSSR count). The van der Waals surface area contributed by atoms with Gasteiger partial charge in [0.1, 0.15) is 0 Å². The van der Waals surface area contributed by atoms with E-state index in [0.29, 0.717) is 0 Å². The van der Waals surface area contributed by atoms with Crippen molar-refractivity contribution in [1.29, 1.82) is 0 Å². The molecule has 0 amide bonds. The van der Waals surface area contributed by atoms with Crippen molar-refractivity contribution in [3.05, 3.63) is 0 Å². The molecule has 0 heterocycles. The fraction of sp³-hybridized carbons (Fsp3) is 0. The average Bonchev–Trinajstić information content (AvgIpc) is 0.811. The summed E-state index contributed by atoms with van der Waals surface area (Å²) in [7, 11) is 0. The van der Waals surface area contributed by atoms with Crippen molar-refractivity contribution in [2.24, 2.45) is 0 Å². The molecule has 0 unspecified atom stereocenters. The zero-order valence-electron chi connectivity index (χ0n) is 5.72. The molecule has 0 atom stereocenters. The minimum atomic E-state index is -4.29. The molecule has 10 heavy (non-hydrogen) atoms. The Kier molecular flexibility index (Phi) is 236. The van der Waals surface area contributed by atoms with Crippen molar-refractivity contribution in [3.63, 3.8) is 0 Å². The van der Waals surface area contributed by atoms with E-state index in [2.05, 4.69) is 0 Å². The van der Waals surface area contributed by atoms with Gasteiger partial charge in [-0.3, -0.25) is 0 Å². The summed E-state index contributed by atoms with van der Waals surface area (Å²) >= 11 is -4.29. The third-order valence-electron chi connectivity index (χ3n) is 0. The maximum absolute atomic E-state index is 8.61. The summed E-state index contributed by atoms with van der Waals surface area (Å²) in [4.78, 5) is 0. The van der Waals surface area contributed by atoms with E-state index in [9.17, 15) is 0 Å². The molecular weight excluding hydrogens is 277 g/mol. The van der Waals surface area contributed by atoms with Gasteiger partial charge in [-0.25, -0.2) is 0 Å². The van der Waals surface area contributed by atoms with Crippen LogP contribution in [-0.2, 0) is 3.08 Å². The van der Waals surface area contributed by atoms with Crippen molar-refractivity contribution >= 4 is 20.6 Å². The van der Waals surface area contributed by atoms with Gasteiger partial charge in [0.05, 0.1) is 0 Å². The Morgan fingerprint density at radius 3 is 0.800 bits per heavy atom. The van der Waals surface area contributed by atoms with Gasteiger partial charge in [-0.05, 0) is 0 Å². The fourth-order valence-electron chi connectivity index (χ4n) is 0. The van der Waals surface area contributed by atoms with Crippen molar-refractivity contribution < 1.29 is 91.0 Å². The van der Waals surface area contributed by atoms with Gasteiger partial charge in [-0.2, -0.15) is 0 Å². The molecular formula is H8Na2O7Sn. The summed E-state index contributed by atoms with van der Waals surface area (Å²) in [6, 6.07) is 0. The molecule has 0 aliphatic rings. The van der Waals surface area contributed by atoms with Gasteiger partial charge in [-0.15, -0.1) is 0 Å². The first kappa shape index (κ1) is 55.5. The van der Waals surface area contributed by atoms with Crippen LogP contribution in [0.3, 0.4) is 0 Å². The third kappa shape index (κ3) is 163. The van der Waals surface area contributed by atoms with Crippen LogP contribution in [0.4, 0.5) is 0 Å². The van der Waals surface area contributed by atoms with Crippen molar-refractivity contribution in [1.82, 2.24) is 0 Å². The van der Waals surface area contributed by atoms with Crippen LogP contribution in [0.25, 0.3) is 0 Å². The Morgan fingerprint density at radius 2 is 0.800 bits per heavy atom. The van der Waals surface area contributed by atoms with E-state index >= 15 is 0 Å². The SMILES string of the molecule is O.O.O.O.[Na+].[Na+].[O]=[Sn]([O-])[O-]. The molecule has 0 radical (unpaired) electrons. The summed E-state index contributed by atoms with van der Waals surface area (Å²) in [5.41, 5.74) is 0. The molecule has 56 valence electrons. The van der Waals surface area contributed by atoms with E-state index in [4.69, 9.17) is 9.96 Å². The Labute approximate surface area is 110 Å². The topological polar surface area (TPSA) is 189 Å². The fourth-order valence-corrected chi connectivity index (χ4v) is 0. The molecule has 8 N–H and O–H groups in total. The van der Waals surface area contributed by atoms with Crippen molar-refractivity contribution in [2.45, 2.75) is 0 Å². The average molecular weight is 285 g/mol. The molecule has 10 heteroatoms. The minimum absolute atomic E-state index is 0. The van der Waals surface area contributed by atoms with Crippen LogP contribution < -0.4 is 66.0 Å². The van der Waals surface area contributed by atoms with Crippen LogP contribution in [0.5, 0.6) is 0 Å². The number of hydrogen-bond acceptors (Lipinski definition) is 3. The first-order valence-corrected chi connectivity index (χ1v) is 4.11. The number of rotatable bonds is 0. The monoisotopic (exact) mass is 286 g/mol. The molecule has 0 saturated carbocycles. The zero-order chi connectivity index (χ0) is 3.58. The van der Waals surface area contributed by atoms with Gasteiger partial charge in [0.15, 0.2) is 0 Å². The van der Waals surface area contributed by atoms with Crippen LogP contribution >= 0.6 is 0 Å². The van der Waals surface area contributed by atoms with E-state index in [0.717, 1.165) is 0 Å². The predicted molar refractivity (Wildman–Crippen MR) is 20.9 cm³/mol. The van der Waals surface area contributed by atoms with E-state index < -0.39 is 20.6 Å². The summed E-state index contributed by atoms with van der Waals surface area (Å²) in [5.74, 6) is 0. The van der Waals surface area contributed by atoms with Crippen LogP contribution in [0.15, 0.2) is 0 Å². The quantitative estimate of drug-likeness (QED) is 0.400. The molecule has 7 nitrogen and oxygen atoms in total. The normalized spacial score (nSPS) is 2.60. The number of hydrogen-bond donors (Lipinski definition) is 0. The van der Waals surface area contributed by atoms with Crippen LogP contribution in [0.1, 0.15) is 0 Å². The summed E-state index contributed by atoms with van der Waals surface area (Å²) in [5, 5.41) is 0. The molecule has 0 bridgehead atoms. The van der Waals surface area contributed by atoms with Gasteiger partial charge in [0.25, 0.3) is 0 Å². The van der Waals surface area contributed by atoms with Gasteiger partial charge in [0.2, 0.25) is 0 Å². The Bertz CT molecular complexity index is 34.6. The molecule has 0 aliphatic carbocycles. The zero-order valence-corrected chi connectivity index (χ0v) is 12.6. The summed E-state index contributed by atoms with van der Waals surface area (Å²) < 4.78 is 25.8. The Morgan fingerprint density at radius 1 is 0.800 bits per heavy atom. The van der Waals surface area contributed by atoms with Crippen molar-refractivity contribution in [2.75, 3.05) is 0 Å². The second-order valence-electron chi connectivity index (χ2n) is 0.250. The summed E-state index contributed by atoms with van der Waals surface area (Å²) in [6.45, 7) is 0. The van der Waals surface area contributed by atoms with Gasteiger partial charge < -0.3 is 21.9 Å². The molecule has 0 aromatic rings. The van der Waals surface area contributed by atoms with E-state index in [1.807, 2.05) is 0 Å². The van der Waals surface area contributed by atoms with E-state index in [1.165, 1.54) is 0 Å². The van der Waals surface area contributed by atoms with Gasteiger partial charge in [0, 0.05) is 0 Å². The second-order valence-corrected chi connectivity index (χ2v) is 1.68. The van der Waals surface area contributed by atoms with E-state index in [-0.39, 0.29) is 81.0 Å². The van der Waals surface area contributed by atoms with Gasteiger partial charge in [-0.1, -0.05) is 0 Å². The van der Waals surface area contributed by atoms with Crippen LogP contribution in [-0.4, -0.2) is 42.5 Å². The predicted octanol–water partition coefficient (Wildman–Crippen LogP) is -12.2. The Balaban J connectivity index is -0.00000000300. The molecule has 0 spiro atoms. The first-order chi connectivity index (χ1) is 1.73. The third-order valence-corrected chi connectivity index (χ3v) is 0. The second kappa shape index (κ2) is 42.4. The van der Waals surface area contributed by atoms with Crippen LogP contribution in [0.2, 0.25) is 0 Å². The standard InChI is InChI=1S/2Na.4H2O.3O.Sn/h;;4*1H2;;;;/q2*+1;;;;;;2*-1;. The molecule has 0 aliphatic heterocycles.